The average Bonchev–Trinajstić information content (AvgIpc) is 3.02. The first-order chi connectivity index (χ1) is 21.3. The molecule has 1 aromatic rings. The molecule has 6 amide bonds. The van der Waals surface area contributed by atoms with Gasteiger partial charge in [-0.1, -0.05) is 50.6 Å². The number of carbonyl (C=O) groups is 6. The Bertz CT molecular complexity index is 1130. The highest BCUT2D eigenvalue weighted by atomic mass is 35.5. The van der Waals surface area contributed by atoms with Crippen molar-refractivity contribution >= 4 is 71.4 Å². The number of carbonyl (C=O) groups excluding carboxylic acids is 6. The third-order valence-corrected chi connectivity index (χ3v) is 8.47. The molecule has 0 aliphatic rings. The third kappa shape index (κ3) is 16.0. The van der Waals surface area contributed by atoms with Crippen LogP contribution in [0.25, 0.3) is 0 Å². The van der Waals surface area contributed by atoms with Gasteiger partial charge in [-0.05, 0) is 55.3 Å². The van der Waals surface area contributed by atoms with E-state index < -0.39 is 65.7 Å². The van der Waals surface area contributed by atoms with Crippen molar-refractivity contribution in [1.29, 1.82) is 0 Å². The maximum Gasteiger partial charge on any atom is 0.243 e. The predicted octanol–water partition coefficient (Wildman–Crippen LogP) is 0.0911. The van der Waals surface area contributed by atoms with Crippen LogP contribution in [0.5, 0.6) is 0 Å². The second kappa shape index (κ2) is 23.3. The number of halogens is 1. The fraction of sp³-hybridized carbons (Fsp3) is 0.600. The van der Waals surface area contributed by atoms with E-state index in [1.54, 1.807) is 24.3 Å². The van der Waals surface area contributed by atoms with Gasteiger partial charge in [0.25, 0.3) is 0 Å². The van der Waals surface area contributed by atoms with Crippen molar-refractivity contribution in [2.45, 2.75) is 76.7 Å². The number of nitrogens with two attached hydrogens (primary N) is 2. The molecule has 0 aliphatic heterocycles. The highest BCUT2D eigenvalue weighted by molar-refractivity contribution is 7.98. The van der Waals surface area contributed by atoms with Crippen LogP contribution in [0.15, 0.2) is 30.3 Å². The summed E-state index contributed by atoms with van der Waals surface area (Å²) in [6.45, 7) is 4.85. The molecule has 1 rings (SSSR count). The van der Waals surface area contributed by atoms with Crippen LogP contribution in [0.4, 0.5) is 0 Å². The van der Waals surface area contributed by atoms with Crippen LogP contribution < -0.4 is 38.1 Å². The molecule has 0 aromatic heterocycles. The van der Waals surface area contributed by atoms with Gasteiger partial charge in [-0.2, -0.15) is 23.5 Å². The molecule has 0 saturated heterocycles. The van der Waals surface area contributed by atoms with Crippen molar-refractivity contribution in [3.05, 3.63) is 35.9 Å². The molecule has 1 aromatic carbocycles. The first-order valence-corrected chi connectivity index (χ1v) is 17.7. The Hall–Kier alpha value is -3.01. The molecule has 6 atom stereocenters. The van der Waals surface area contributed by atoms with E-state index in [-0.39, 0.29) is 37.7 Å². The summed E-state index contributed by atoms with van der Waals surface area (Å²) in [6, 6.07) is 4.24. The van der Waals surface area contributed by atoms with Crippen molar-refractivity contribution in [1.82, 2.24) is 26.6 Å². The normalized spacial score (nSPS) is 14.6. The van der Waals surface area contributed by atoms with E-state index in [0.29, 0.717) is 24.3 Å². The Balaban J connectivity index is 0.0000202. The van der Waals surface area contributed by atoms with E-state index >= 15 is 0 Å². The van der Waals surface area contributed by atoms with E-state index in [4.69, 9.17) is 11.5 Å². The van der Waals surface area contributed by atoms with Gasteiger partial charge in [-0.25, -0.2) is 0 Å². The molecule has 0 heterocycles. The molecule has 16 heteroatoms. The van der Waals surface area contributed by atoms with Gasteiger partial charge in [-0.15, -0.1) is 12.4 Å². The van der Waals surface area contributed by atoms with Gasteiger partial charge in [0.2, 0.25) is 35.4 Å². The van der Waals surface area contributed by atoms with Crippen LogP contribution in [0.2, 0.25) is 0 Å². The summed E-state index contributed by atoms with van der Waals surface area (Å²) in [4.78, 5) is 76.4. The van der Waals surface area contributed by atoms with Crippen molar-refractivity contribution in [3.63, 3.8) is 0 Å². The number of hydrogen-bond donors (Lipinski definition) is 7. The average molecular weight is 704 g/mol. The minimum Gasteiger partial charge on any atom is -0.368 e. The fourth-order valence-corrected chi connectivity index (χ4v) is 5.02. The number of nitrogens with one attached hydrogen (secondary N) is 5. The topological polar surface area (TPSA) is 215 Å². The molecule has 0 spiro atoms. The number of hydrogen-bond acceptors (Lipinski definition) is 9. The van der Waals surface area contributed by atoms with E-state index in [0.717, 1.165) is 5.56 Å². The Morgan fingerprint density at radius 2 is 1.30 bits per heavy atom. The Labute approximate surface area is 286 Å². The maximum absolute atomic E-state index is 13.2. The molecule has 0 radical (unpaired) electrons. The Morgan fingerprint density at radius 3 is 1.85 bits per heavy atom. The summed E-state index contributed by atoms with van der Waals surface area (Å²) < 4.78 is 0. The van der Waals surface area contributed by atoms with Crippen molar-refractivity contribution in [2.24, 2.45) is 17.4 Å². The van der Waals surface area contributed by atoms with E-state index in [9.17, 15) is 28.8 Å². The van der Waals surface area contributed by atoms with Crippen molar-refractivity contribution in [2.75, 3.05) is 30.6 Å². The van der Waals surface area contributed by atoms with Crippen LogP contribution >= 0.6 is 35.9 Å². The van der Waals surface area contributed by atoms with Gasteiger partial charge in [0.1, 0.15) is 24.2 Å². The number of primary amides is 1. The molecule has 0 fully saturated rings. The molecule has 13 nitrogen and oxygen atoms in total. The number of thioether (sulfide) groups is 2. The molecule has 9 N–H and O–H groups in total. The zero-order chi connectivity index (χ0) is 33.9. The van der Waals surface area contributed by atoms with Crippen LogP contribution in [0, 0.1) is 5.92 Å². The monoisotopic (exact) mass is 703 g/mol. The van der Waals surface area contributed by atoms with Crippen LogP contribution in [0.3, 0.4) is 0 Å². The van der Waals surface area contributed by atoms with Gasteiger partial charge >= 0.3 is 0 Å². The van der Waals surface area contributed by atoms with E-state index in [2.05, 4.69) is 26.6 Å². The first kappa shape index (κ1) is 43.0. The van der Waals surface area contributed by atoms with Crippen molar-refractivity contribution in [3.8, 4) is 0 Å². The molecule has 260 valence electrons. The highest BCUT2D eigenvalue weighted by Gasteiger charge is 2.29. The zero-order valence-electron chi connectivity index (χ0n) is 27.1. The summed E-state index contributed by atoms with van der Waals surface area (Å²) in [5, 5.41) is 13.0. The molecular weight excluding hydrogens is 654 g/mol. The van der Waals surface area contributed by atoms with Gasteiger partial charge in [0.15, 0.2) is 0 Å². The second-order valence-electron chi connectivity index (χ2n) is 10.8. The number of amides is 6. The van der Waals surface area contributed by atoms with Gasteiger partial charge < -0.3 is 38.1 Å². The summed E-state index contributed by atoms with van der Waals surface area (Å²) >= 11 is 2.98. The van der Waals surface area contributed by atoms with Crippen LogP contribution in [-0.2, 0) is 35.2 Å². The van der Waals surface area contributed by atoms with Crippen LogP contribution in [-0.4, -0.2) is 96.2 Å². The first-order valence-electron chi connectivity index (χ1n) is 14.9. The molecular formula is C30H50ClN7O6S2. The standard InChI is InChI=1S/C30H49N7O6S2.ClH/c1-6-18(2)25(31)30(43)33-17-24(38)35-22(13-15-45-5)28(41)34-19(3)27(40)37-23(16-20-10-8-7-9-11-20)29(42)36-21(26(32)39)12-14-44-4;/h7-11,18-19,21-23,25H,6,12-17,31H2,1-5H3,(H2,32,39)(H,33,43)(H,34,41)(H,35,38)(H,36,42)(H,37,40);1H/t18-,19-,21-,22-,23-,25-;/m0./s1. The summed E-state index contributed by atoms with van der Waals surface area (Å²) in [5.74, 6) is -2.48. The lowest BCUT2D eigenvalue weighted by Gasteiger charge is -2.25. The fourth-order valence-electron chi connectivity index (χ4n) is 4.08. The number of benzene rings is 1. The van der Waals surface area contributed by atoms with Crippen LogP contribution in [0.1, 0.15) is 45.6 Å². The quantitative estimate of drug-likeness (QED) is 0.0923. The Kier molecular flexibility index (Phi) is 21.8. The van der Waals surface area contributed by atoms with Gasteiger partial charge in [0.05, 0.1) is 12.6 Å². The summed E-state index contributed by atoms with van der Waals surface area (Å²) in [6.07, 6.45) is 5.16. The van der Waals surface area contributed by atoms with Crippen molar-refractivity contribution < 1.29 is 28.8 Å². The lowest BCUT2D eigenvalue weighted by atomic mass is 9.99. The lowest BCUT2D eigenvalue weighted by molar-refractivity contribution is -0.134. The van der Waals surface area contributed by atoms with E-state index in [1.807, 2.05) is 32.4 Å². The largest absolute Gasteiger partial charge is 0.368 e. The lowest BCUT2D eigenvalue weighted by Crippen LogP contribution is -2.58. The maximum atomic E-state index is 13.2. The van der Waals surface area contributed by atoms with Gasteiger partial charge in [0, 0.05) is 6.42 Å². The molecule has 0 aliphatic carbocycles. The zero-order valence-corrected chi connectivity index (χ0v) is 29.6. The molecule has 46 heavy (non-hydrogen) atoms. The molecule has 0 unspecified atom stereocenters. The smallest absolute Gasteiger partial charge is 0.243 e. The minimum absolute atomic E-state index is 0. The number of rotatable bonds is 21. The third-order valence-electron chi connectivity index (χ3n) is 7.18. The van der Waals surface area contributed by atoms with Gasteiger partial charge in [-0.3, -0.25) is 28.8 Å². The summed E-state index contributed by atoms with van der Waals surface area (Å²) in [7, 11) is 0. The molecule has 0 bridgehead atoms. The minimum atomic E-state index is -1.08. The SMILES string of the molecule is CC[C@H](C)[C@H](N)C(=O)NCC(=O)N[C@@H](CCSC)C(=O)N[C@@H](C)C(=O)N[C@@H](Cc1ccccc1)C(=O)N[C@@H](CCSC)C(N)=O.Cl. The highest BCUT2D eigenvalue weighted by Crippen LogP contribution is 2.08. The van der Waals surface area contributed by atoms with E-state index in [1.165, 1.54) is 30.4 Å². The Morgan fingerprint density at radius 1 is 0.761 bits per heavy atom. The predicted molar refractivity (Wildman–Crippen MR) is 186 cm³/mol. The molecule has 0 saturated carbocycles. The second-order valence-corrected chi connectivity index (χ2v) is 12.7. The summed E-state index contributed by atoms with van der Waals surface area (Å²) in [5.41, 5.74) is 12.2.